The van der Waals surface area contributed by atoms with Crippen LogP contribution >= 0.6 is 35.3 Å². The molecule has 2 aromatic rings. The summed E-state index contributed by atoms with van der Waals surface area (Å²) in [7, 11) is 3.46. The largest absolute Gasteiger partial charge is 0.494 e. The van der Waals surface area contributed by atoms with Crippen LogP contribution in [0.25, 0.3) is 0 Å². The molecular weight excluding hydrogens is 487 g/mol. The third-order valence-corrected chi connectivity index (χ3v) is 4.68. The predicted molar refractivity (Wildman–Crippen MR) is 127 cm³/mol. The molecule has 0 aliphatic carbocycles. The molecule has 0 unspecified atom stereocenters. The summed E-state index contributed by atoms with van der Waals surface area (Å²) < 4.78 is 5.69. The topological polar surface area (TPSA) is 66.0 Å². The van der Waals surface area contributed by atoms with Gasteiger partial charge >= 0.3 is 0 Å². The molecule has 0 aliphatic heterocycles. The van der Waals surface area contributed by atoms with Crippen LogP contribution in [-0.4, -0.2) is 57.1 Å². The van der Waals surface area contributed by atoms with Crippen LogP contribution in [0.1, 0.15) is 11.3 Å². The number of nitrogens with zero attached hydrogens (tertiary/aromatic N) is 2. The number of para-hydroxylation sites is 1. The number of guanidine groups is 1. The van der Waals surface area contributed by atoms with Crippen LogP contribution in [0, 0.1) is 0 Å². The summed E-state index contributed by atoms with van der Waals surface area (Å²) in [6.07, 6.45) is 1.76. The number of carbonyl (C=O) groups excluding carboxylic acids is 1. The number of hydrogen-bond acceptors (Lipinski definition) is 4. The second-order valence-corrected chi connectivity index (χ2v) is 7.18. The fourth-order valence-electron chi connectivity index (χ4n) is 2.21. The quantitative estimate of drug-likeness (QED) is 0.221. The van der Waals surface area contributed by atoms with E-state index < -0.39 is 0 Å². The molecular formula is C20H29IN4O2S. The summed E-state index contributed by atoms with van der Waals surface area (Å²) in [5.41, 5.74) is 0. The van der Waals surface area contributed by atoms with Gasteiger partial charge in [-0.15, -0.1) is 35.3 Å². The van der Waals surface area contributed by atoms with Gasteiger partial charge in [-0.25, -0.2) is 4.99 Å². The zero-order valence-corrected chi connectivity index (χ0v) is 19.5. The predicted octanol–water partition coefficient (Wildman–Crippen LogP) is 3.00. The smallest absolute Gasteiger partial charge is 0.243 e. The average Bonchev–Trinajstić information content (AvgIpc) is 3.19. The number of aliphatic imine (C=N–C) groups is 1. The Morgan fingerprint density at radius 2 is 1.86 bits per heavy atom. The van der Waals surface area contributed by atoms with Gasteiger partial charge in [0, 0.05) is 32.1 Å². The maximum absolute atomic E-state index is 11.8. The standard InChI is InChI=1S/C20H28N4O2S.HI/c1-24(2)19(25)16-23-20(22-13-11-18-10-6-15-27-18)21-12-7-14-26-17-8-4-3-5-9-17;/h3-6,8-10,15H,7,11-14,16H2,1-2H3,(H2,21,22,23);1H. The number of nitrogens with one attached hydrogen (secondary N) is 2. The molecule has 0 spiro atoms. The Morgan fingerprint density at radius 1 is 1.11 bits per heavy atom. The van der Waals surface area contributed by atoms with Gasteiger partial charge in [0.1, 0.15) is 12.3 Å². The van der Waals surface area contributed by atoms with Gasteiger partial charge in [0.05, 0.1) is 6.61 Å². The van der Waals surface area contributed by atoms with Gasteiger partial charge in [0.15, 0.2) is 5.96 Å². The van der Waals surface area contributed by atoms with Gasteiger partial charge in [-0.3, -0.25) is 4.79 Å². The van der Waals surface area contributed by atoms with Gasteiger partial charge in [0.25, 0.3) is 0 Å². The number of likely N-dealkylation sites (N-methyl/N-ethyl adjacent to an activating group) is 1. The Kier molecular flexibility index (Phi) is 12.3. The van der Waals surface area contributed by atoms with Crippen LogP contribution in [0.4, 0.5) is 0 Å². The van der Waals surface area contributed by atoms with Crippen LogP contribution in [0.3, 0.4) is 0 Å². The van der Waals surface area contributed by atoms with E-state index in [2.05, 4.69) is 33.1 Å². The summed E-state index contributed by atoms with van der Waals surface area (Å²) in [6.45, 7) is 2.23. The number of hydrogen-bond donors (Lipinski definition) is 2. The van der Waals surface area contributed by atoms with Crippen molar-refractivity contribution in [1.29, 1.82) is 0 Å². The molecule has 1 heterocycles. The third-order valence-electron chi connectivity index (χ3n) is 3.74. The highest BCUT2D eigenvalue weighted by Crippen LogP contribution is 2.08. The fraction of sp³-hybridized carbons (Fsp3) is 0.400. The summed E-state index contributed by atoms with van der Waals surface area (Å²) in [5, 5.41) is 8.64. The van der Waals surface area contributed by atoms with Crippen molar-refractivity contribution in [2.45, 2.75) is 12.8 Å². The number of benzene rings is 1. The number of carbonyl (C=O) groups is 1. The number of rotatable bonds is 10. The van der Waals surface area contributed by atoms with Gasteiger partial charge < -0.3 is 20.3 Å². The molecule has 0 aliphatic rings. The molecule has 0 bridgehead atoms. The van der Waals surface area contributed by atoms with Crippen LogP contribution in [0.15, 0.2) is 52.8 Å². The highest BCUT2D eigenvalue weighted by Gasteiger charge is 2.05. The molecule has 28 heavy (non-hydrogen) atoms. The van der Waals surface area contributed by atoms with E-state index in [0.29, 0.717) is 19.1 Å². The molecule has 0 fully saturated rings. The minimum absolute atomic E-state index is 0. The second-order valence-electron chi connectivity index (χ2n) is 6.15. The lowest BCUT2D eigenvalue weighted by Gasteiger charge is -2.14. The minimum Gasteiger partial charge on any atom is -0.494 e. The Morgan fingerprint density at radius 3 is 2.54 bits per heavy atom. The molecule has 6 nitrogen and oxygen atoms in total. The van der Waals surface area contributed by atoms with E-state index in [0.717, 1.165) is 25.1 Å². The normalized spacial score (nSPS) is 10.7. The zero-order chi connectivity index (χ0) is 19.3. The van der Waals surface area contributed by atoms with E-state index in [1.54, 1.807) is 30.3 Å². The van der Waals surface area contributed by atoms with Crippen molar-refractivity contribution in [1.82, 2.24) is 15.5 Å². The molecule has 1 aromatic heterocycles. The first-order valence-corrected chi connectivity index (χ1v) is 9.95. The van der Waals surface area contributed by atoms with Gasteiger partial charge in [-0.1, -0.05) is 24.3 Å². The maximum Gasteiger partial charge on any atom is 0.243 e. The first-order chi connectivity index (χ1) is 13.1. The molecule has 0 saturated carbocycles. The summed E-state index contributed by atoms with van der Waals surface area (Å²) >= 11 is 1.74. The molecule has 0 saturated heterocycles. The van der Waals surface area contributed by atoms with E-state index >= 15 is 0 Å². The van der Waals surface area contributed by atoms with Crippen molar-refractivity contribution in [3.63, 3.8) is 0 Å². The SMILES string of the molecule is CN(C)C(=O)CN=C(NCCCOc1ccccc1)NCCc1cccs1.I. The van der Waals surface area contributed by atoms with E-state index in [9.17, 15) is 4.79 Å². The second kappa shape index (κ2) is 14.2. The Balaban J connectivity index is 0.00000392. The van der Waals surface area contributed by atoms with Crippen molar-refractivity contribution in [2.24, 2.45) is 4.99 Å². The summed E-state index contributed by atoms with van der Waals surface area (Å²) in [5.74, 6) is 1.50. The van der Waals surface area contributed by atoms with Crippen molar-refractivity contribution < 1.29 is 9.53 Å². The molecule has 2 rings (SSSR count). The lowest BCUT2D eigenvalue weighted by Crippen LogP contribution is -2.40. The van der Waals surface area contributed by atoms with Crippen LogP contribution in [0.2, 0.25) is 0 Å². The zero-order valence-electron chi connectivity index (χ0n) is 16.4. The highest BCUT2D eigenvalue weighted by atomic mass is 127. The molecule has 1 amide bonds. The molecule has 0 atom stereocenters. The number of ether oxygens (including phenoxy) is 1. The molecule has 154 valence electrons. The van der Waals surface area contributed by atoms with Gasteiger partial charge in [-0.2, -0.15) is 0 Å². The van der Waals surface area contributed by atoms with E-state index in [4.69, 9.17) is 4.74 Å². The Hall–Kier alpha value is -1.81. The molecule has 8 heteroatoms. The van der Waals surface area contributed by atoms with Crippen LogP contribution in [0.5, 0.6) is 5.75 Å². The lowest BCUT2D eigenvalue weighted by atomic mass is 10.3. The molecule has 2 N–H and O–H groups in total. The Labute approximate surface area is 188 Å². The van der Waals surface area contributed by atoms with Crippen molar-refractivity contribution >= 4 is 47.2 Å². The minimum atomic E-state index is -0.0261. The average molecular weight is 516 g/mol. The number of halogens is 1. The van der Waals surface area contributed by atoms with Crippen molar-refractivity contribution in [3.8, 4) is 5.75 Å². The first-order valence-electron chi connectivity index (χ1n) is 9.07. The monoisotopic (exact) mass is 516 g/mol. The maximum atomic E-state index is 11.8. The molecule has 0 radical (unpaired) electrons. The van der Waals surface area contributed by atoms with Crippen LogP contribution in [-0.2, 0) is 11.2 Å². The van der Waals surface area contributed by atoms with Crippen molar-refractivity contribution in [2.75, 3.05) is 40.3 Å². The fourth-order valence-corrected chi connectivity index (χ4v) is 2.92. The third kappa shape index (κ3) is 9.93. The lowest BCUT2D eigenvalue weighted by molar-refractivity contribution is -0.127. The number of amides is 1. The van der Waals surface area contributed by atoms with Crippen LogP contribution < -0.4 is 15.4 Å². The van der Waals surface area contributed by atoms with Crippen molar-refractivity contribution in [3.05, 3.63) is 52.7 Å². The van der Waals surface area contributed by atoms with E-state index in [1.165, 1.54) is 4.88 Å². The van der Waals surface area contributed by atoms with Gasteiger partial charge in [-0.05, 0) is 36.4 Å². The number of thiophene rings is 1. The first kappa shape index (κ1) is 24.2. The van der Waals surface area contributed by atoms with E-state index in [1.807, 2.05) is 30.3 Å². The molecule has 1 aromatic carbocycles. The van der Waals surface area contributed by atoms with E-state index in [-0.39, 0.29) is 36.4 Å². The van der Waals surface area contributed by atoms with Gasteiger partial charge in [0.2, 0.25) is 5.91 Å². The summed E-state index contributed by atoms with van der Waals surface area (Å²) in [6, 6.07) is 13.9. The highest BCUT2D eigenvalue weighted by molar-refractivity contribution is 14.0. The Bertz CT molecular complexity index is 693. The summed E-state index contributed by atoms with van der Waals surface area (Å²) in [4.78, 5) is 19.0.